The maximum atomic E-state index is 12.0. The van der Waals surface area contributed by atoms with E-state index in [0.717, 1.165) is 12.8 Å². The van der Waals surface area contributed by atoms with Gasteiger partial charge in [-0.25, -0.2) is 14.4 Å². The third-order valence-corrected chi connectivity index (χ3v) is 3.57. The Kier molecular flexibility index (Phi) is 4.30. The summed E-state index contributed by atoms with van der Waals surface area (Å²) in [4.78, 5) is 37.0. The van der Waals surface area contributed by atoms with Crippen molar-refractivity contribution in [3.05, 3.63) is 11.3 Å². The monoisotopic (exact) mass is 313 g/mol. The molecule has 0 spiro atoms. The Hall–Kier alpha value is -2.25. The molecule has 2 aliphatic rings. The van der Waals surface area contributed by atoms with E-state index in [1.54, 1.807) is 0 Å². The van der Waals surface area contributed by atoms with Crippen LogP contribution in [0.2, 0.25) is 0 Å². The van der Waals surface area contributed by atoms with Crippen molar-refractivity contribution >= 4 is 18.0 Å². The zero-order valence-electron chi connectivity index (χ0n) is 12.7. The molecule has 2 rings (SSSR count). The van der Waals surface area contributed by atoms with E-state index in [1.165, 1.54) is 25.9 Å². The van der Waals surface area contributed by atoms with Crippen LogP contribution in [0.5, 0.6) is 0 Å². The third-order valence-electron chi connectivity index (χ3n) is 3.57. The smallest absolute Gasteiger partial charge is 0.410 e. The number of cyclic esters (lactones) is 2. The number of methoxy groups -OCH3 is 1. The first kappa shape index (κ1) is 16.1. The van der Waals surface area contributed by atoms with E-state index >= 15 is 0 Å². The molecule has 22 heavy (non-hydrogen) atoms. The number of hydrogen-bond donors (Lipinski definition) is 1. The van der Waals surface area contributed by atoms with Gasteiger partial charge in [-0.2, -0.15) is 0 Å². The number of aliphatic hydroxyl groups is 1. The summed E-state index contributed by atoms with van der Waals surface area (Å²) in [7, 11) is 1.23. The van der Waals surface area contributed by atoms with Gasteiger partial charge in [0.15, 0.2) is 5.57 Å². The maximum absolute atomic E-state index is 12.0. The molecule has 0 aliphatic carbocycles. The Bertz CT molecular complexity index is 515. The summed E-state index contributed by atoms with van der Waals surface area (Å²) in [6.45, 7) is 3.19. The van der Waals surface area contributed by atoms with Crippen LogP contribution in [0, 0.1) is 0 Å². The van der Waals surface area contributed by atoms with E-state index in [2.05, 4.69) is 4.74 Å². The van der Waals surface area contributed by atoms with Crippen LogP contribution < -0.4 is 0 Å². The predicted molar refractivity (Wildman–Crippen MR) is 72.7 cm³/mol. The van der Waals surface area contributed by atoms with Crippen molar-refractivity contribution in [1.29, 1.82) is 0 Å². The molecular weight excluding hydrogens is 294 g/mol. The minimum absolute atomic E-state index is 0.365. The topological polar surface area (TPSA) is 102 Å². The fourth-order valence-corrected chi connectivity index (χ4v) is 2.58. The van der Waals surface area contributed by atoms with Crippen molar-refractivity contribution in [2.45, 2.75) is 44.9 Å². The number of amides is 1. The summed E-state index contributed by atoms with van der Waals surface area (Å²) in [5.74, 6) is -3.83. The van der Waals surface area contributed by atoms with Crippen molar-refractivity contribution in [2.75, 3.05) is 13.7 Å². The molecule has 0 aromatic rings. The van der Waals surface area contributed by atoms with E-state index in [-0.39, 0.29) is 0 Å². The number of rotatable bonds is 1. The van der Waals surface area contributed by atoms with Crippen LogP contribution >= 0.6 is 0 Å². The lowest BCUT2D eigenvalue weighted by Gasteiger charge is -2.36. The van der Waals surface area contributed by atoms with Crippen LogP contribution in [0.3, 0.4) is 0 Å². The number of nitrogens with zero attached hydrogens (tertiary/aromatic N) is 1. The van der Waals surface area contributed by atoms with Gasteiger partial charge in [-0.1, -0.05) is 0 Å². The quantitative estimate of drug-likeness (QED) is 0.336. The molecule has 8 heteroatoms. The number of esters is 2. The van der Waals surface area contributed by atoms with E-state index in [9.17, 15) is 19.5 Å². The molecule has 2 saturated heterocycles. The summed E-state index contributed by atoms with van der Waals surface area (Å²) in [5, 5.41) is 10.4. The fourth-order valence-electron chi connectivity index (χ4n) is 2.58. The summed E-state index contributed by atoms with van der Waals surface area (Å²) in [6.07, 6.45) is 1.27. The lowest BCUT2D eigenvalue weighted by atomic mass is 9.97. The second-order valence-electron chi connectivity index (χ2n) is 5.61. The molecule has 1 amide bonds. The van der Waals surface area contributed by atoms with Gasteiger partial charge in [0.1, 0.15) is 5.76 Å². The summed E-state index contributed by atoms with van der Waals surface area (Å²) in [5.41, 5.74) is -0.569. The van der Waals surface area contributed by atoms with Gasteiger partial charge in [0.05, 0.1) is 13.2 Å². The van der Waals surface area contributed by atoms with Gasteiger partial charge in [-0.3, -0.25) is 4.90 Å². The van der Waals surface area contributed by atoms with Gasteiger partial charge in [0, 0.05) is 20.4 Å². The second kappa shape index (κ2) is 5.86. The van der Waals surface area contributed by atoms with Gasteiger partial charge >= 0.3 is 18.0 Å². The molecule has 0 aromatic heterocycles. The number of piperidine rings is 1. The van der Waals surface area contributed by atoms with E-state index in [4.69, 9.17) is 9.47 Å². The van der Waals surface area contributed by atoms with Crippen LogP contribution in [0.25, 0.3) is 0 Å². The zero-order valence-corrected chi connectivity index (χ0v) is 12.7. The molecule has 2 fully saturated rings. The number of ether oxygens (including phenoxy) is 3. The molecule has 0 radical (unpaired) electrons. The van der Waals surface area contributed by atoms with Gasteiger partial charge < -0.3 is 19.3 Å². The lowest BCUT2D eigenvalue weighted by molar-refractivity contribution is -0.222. The van der Waals surface area contributed by atoms with Crippen LogP contribution in [-0.2, 0) is 23.8 Å². The van der Waals surface area contributed by atoms with Crippen LogP contribution in [0.1, 0.15) is 33.1 Å². The van der Waals surface area contributed by atoms with Crippen LogP contribution in [0.4, 0.5) is 4.79 Å². The fraction of sp³-hybridized carbons (Fsp3) is 0.643. The lowest BCUT2D eigenvalue weighted by Crippen LogP contribution is -2.48. The SMILES string of the molecule is COC(=O)N1CCCCC1C(O)=C1C(=O)OC(C)(C)OC1=O. The second-order valence-corrected chi connectivity index (χ2v) is 5.61. The highest BCUT2D eigenvalue weighted by Crippen LogP contribution is 2.29. The standard InChI is InChI=1S/C14H19NO7/c1-14(2)21-11(17)9(12(18)22-14)10(16)8-6-4-5-7-15(8)13(19)20-3/h8,16H,4-7H2,1-3H3. The highest BCUT2D eigenvalue weighted by atomic mass is 16.7. The number of likely N-dealkylation sites (tertiary alicyclic amines) is 1. The third kappa shape index (κ3) is 3.00. The first-order chi connectivity index (χ1) is 10.3. The summed E-state index contributed by atoms with van der Waals surface area (Å²) in [6, 6.07) is -0.808. The Morgan fingerprint density at radius 1 is 1.27 bits per heavy atom. The molecule has 0 aromatic carbocycles. The Morgan fingerprint density at radius 2 is 1.86 bits per heavy atom. The van der Waals surface area contributed by atoms with Crippen molar-refractivity contribution in [2.24, 2.45) is 0 Å². The minimum Gasteiger partial charge on any atom is -0.509 e. The van der Waals surface area contributed by atoms with Crippen LogP contribution in [0.15, 0.2) is 11.3 Å². The van der Waals surface area contributed by atoms with E-state index < -0.39 is 41.2 Å². The van der Waals surface area contributed by atoms with Crippen molar-refractivity contribution < 1.29 is 33.7 Å². The Balaban J connectivity index is 2.34. The molecular formula is C14H19NO7. The summed E-state index contributed by atoms with van der Waals surface area (Å²) < 4.78 is 14.6. The van der Waals surface area contributed by atoms with Crippen molar-refractivity contribution in [3.8, 4) is 0 Å². The largest absolute Gasteiger partial charge is 0.509 e. The van der Waals surface area contributed by atoms with Crippen LogP contribution in [-0.4, -0.2) is 53.5 Å². The zero-order chi connectivity index (χ0) is 16.5. The molecule has 0 saturated carbocycles. The number of carbonyl (C=O) groups excluding carboxylic acids is 3. The van der Waals surface area contributed by atoms with Gasteiger partial charge in [-0.05, 0) is 19.3 Å². The molecule has 2 aliphatic heterocycles. The average molecular weight is 313 g/mol. The molecule has 1 unspecified atom stereocenters. The van der Waals surface area contributed by atoms with Gasteiger partial charge in [-0.15, -0.1) is 0 Å². The maximum Gasteiger partial charge on any atom is 0.410 e. The van der Waals surface area contributed by atoms with Gasteiger partial charge in [0.2, 0.25) is 0 Å². The first-order valence-electron chi connectivity index (χ1n) is 7.01. The van der Waals surface area contributed by atoms with Crippen molar-refractivity contribution in [3.63, 3.8) is 0 Å². The van der Waals surface area contributed by atoms with Gasteiger partial charge in [0.25, 0.3) is 5.79 Å². The molecule has 1 atom stereocenters. The molecule has 122 valence electrons. The summed E-state index contributed by atoms with van der Waals surface area (Å²) >= 11 is 0. The molecule has 8 nitrogen and oxygen atoms in total. The highest BCUT2D eigenvalue weighted by molar-refractivity contribution is 6.15. The number of carbonyl (C=O) groups is 3. The number of aliphatic hydroxyl groups excluding tert-OH is 1. The first-order valence-corrected chi connectivity index (χ1v) is 7.01. The number of hydrogen-bond acceptors (Lipinski definition) is 7. The normalized spacial score (nSPS) is 24.4. The van der Waals surface area contributed by atoms with Crippen molar-refractivity contribution in [1.82, 2.24) is 4.90 Å². The van der Waals surface area contributed by atoms with E-state index in [1.807, 2.05) is 0 Å². The molecule has 2 heterocycles. The van der Waals surface area contributed by atoms with E-state index in [0.29, 0.717) is 13.0 Å². The Labute approximate surface area is 127 Å². The predicted octanol–water partition coefficient (Wildman–Crippen LogP) is 1.26. The average Bonchev–Trinajstić information content (AvgIpc) is 2.44. The minimum atomic E-state index is -1.38. The highest BCUT2D eigenvalue weighted by Gasteiger charge is 2.44. The molecule has 1 N–H and O–H groups in total. The molecule has 0 bridgehead atoms. The Morgan fingerprint density at radius 3 is 2.41 bits per heavy atom.